The van der Waals surface area contributed by atoms with Gasteiger partial charge in [-0.15, -0.1) is 11.6 Å². The molecule has 1 unspecified atom stereocenters. The van der Waals surface area contributed by atoms with E-state index in [1.807, 2.05) is 6.92 Å². The summed E-state index contributed by atoms with van der Waals surface area (Å²) in [5.41, 5.74) is 0.436. The molecule has 0 spiro atoms. The van der Waals surface area contributed by atoms with Crippen LogP contribution in [-0.2, 0) is 0 Å². The molecule has 0 heterocycles. The molecule has 0 aliphatic carbocycles. The Morgan fingerprint density at radius 1 is 1.44 bits per heavy atom. The minimum Gasteiger partial charge on any atom is -0.340 e. The Bertz CT molecular complexity index is 393. The number of hydrogen-bond acceptors (Lipinski definition) is 1. The van der Waals surface area contributed by atoms with Gasteiger partial charge in [0, 0.05) is 24.0 Å². The van der Waals surface area contributed by atoms with Crippen molar-refractivity contribution in [1.29, 1.82) is 0 Å². The number of carbonyl (C=O) groups excluding carboxylic acids is 1. The fourth-order valence-electron chi connectivity index (χ4n) is 1.33. The van der Waals surface area contributed by atoms with Crippen molar-refractivity contribution in [3.8, 4) is 0 Å². The van der Waals surface area contributed by atoms with Crippen LogP contribution in [-0.4, -0.2) is 29.8 Å². The van der Waals surface area contributed by atoms with Crippen LogP contribution >= 0.6 is 34.8 Å². The Morgan fingerprint density at radius 2 is 2.06 bits per heavy atom. The summed E-state index contributed by atoms with van der Waals surface area (Å²) in [6.45, 7) is 2.30. The van der Waals surface area contributed by atoms with Crippen molar-refractivity contribution >= 4 is 40.7 Å². The maximum Gasteiger partial charge on any atom is 0.255 e. The first-order chi connectivity index (χ1) is 7.41. The highest BCUT2D eigenvalue weighted by Crippen LogP contribution is 2.22. The lowest BCUT2D eigenvalue weighted by Gasteiger charge is -2.19. The van der Waals surface area contributed by atoms with Gasteiger partial charge in [-0.3, -0.25) is 4.79 Å². The zero-order valence-electron chi connectivity index (χ0n) is 9.01. The van der Waals surface area contributed by atoms with Crippen molar-refractivity contribution in [3.05, 3.63) is 33.8 Å². The minimum absolute atomic E-state index is 0.0972. The van der Waals surface area contributed by atoms with Crippen molar-refractivity contribution in [2.75, 3.05) is 13.6 Å². The Balaban J connectivity index is 2.88. The van der Waals surface area contributed by atoms with Crippen molar-refractivity contribution in [2.45, 2.75) is 12.3 Å². The molecule has 0 saturated heterocycles. The standard InChI is InChI=1S/C11H12Cl3NO/c1-7(12)6-15(2)11(16)9-4-3-8(13)5-10(9)14/h3-5,7H,6H2,1-2H3. The van der Waals surface area contributed by atoms with Crippen LogP contribution < -0.4 is 0 Å². The van der Waals surface area contributed by atoms with Gasteiger partial charge in [-0.2, -0.15) is 0 Å². The molecule has 88 valence electrons. The maximum atomic E-state index is 12.0. The van der Waals surface area contributed by atoms with Crippen molar-refractivity contribution in [3.63, 3.8) is 0 Å². The predicted molar refractivity (Wildman–Crippen MR) is 68.7 cm³/mol. The van der Waals surface area contributed by atoms with E-state index in [-0.39, 0.29) is 11.3 Å². The Hall–Kier alpha value is -0.440. The van der Waals surface area contributed by atoms with Crippen molar-refractivity contribution in [1.82, 2.24) is 4.90 Å². The highest BCUT2D eigenvalue weighted by Gasteiger charge is 2.16. The summed E-state index contributed by atoms with van der Waals surface area (Å²) < 4.78 is 0. The molecule has 0 radical (unpaired) electrons. The first-order valence-electron chi connectivity index (χ1n) is 4.76. The summed E-state index contributed by atoms with van der Waals surface area (Å²) in [7, 11) is 1.69. The van der Waals surface area contributed by atoms with E-state index in [9.17, 15) is 4.79 Å². The lowest BCUT2D eigenvalue weighted by Crippen LogP contribution is -2.31. The molecule has 0 aliphatic rings. The van der Waals surface area contributed by atoms with Gasteiger partial charge in [0.25, 0.3) is 5.91 Å². The average molecular weight is 281 g/mol. The number of benzene rings is 1. The Labute approximate surface area is 110 Å². The summed E-state index contributed by atoms with van der Waals surface area (Å²) in [6, 6.07) is 4.80. The molecule has 1 amide bonds. The van der Waals surface area contributed by atoms with Crippen LogP contribution in [0.1, 0.15) is 17.3 Å². The van der Waals surface area contributed by atoms with E-state index in [2.05, 4.69) is 0 Å². The van der Waals surface area contributed by atoms with E-state index in [4.69, 9.17) is 34.8 Å². The molecule has 0 fully saturated rings. The molecule has 1 atom stereocenters. The normalized spacial score (nSPS) is 12.3. The highest BCUT2D eigenvalue weighted by atomic mass is 35.5. The SMILES string of the molecule is CC(Cl)CN(C)C(=O)c1ccc(Cl)cc1Cl. The van der Waals surface area contributed by atoms with Crippen molar-refractivity contribution in [2.24, 2.45) is 0 Å². The van der Waals surface area contributed by atoms with Gasteiger partial charge in [0.2, 0.25) is 0 Å². The molecule has 0 N–H and O–H groups in total. The summed E-state index contributed by atoms with van der Waals surface area (Å²) in [4.78, 5) is 13.5. The zero-order valence-corrected chi connectivity index (χ0v) is 11.3. The number of halogens is 3. The number of amides is 1. The molecule has 0 bridgehead atoms. The third kappa shape index (κ3) is 3.55. The summed E-state index contributed by atoms with van der Waals surface area (Å²) in [5.74, 6) is -0.158. The van der Waals surface area contributed by atoms with E-state index in [0.717, 1.165) is 0 Å². The van der Waals surface area contributed by atoms with Crippen LogP contribution in [0.15, 0.2) is 18.2 Å². The van der Waals surface area contributed by atoms with Crippen LogP contribution in [0.25, 0.3) is 0 Å². The number of rotatable bonds is 3. The van der Waals surface area contributed by atoms with Crippen LogP contribution in [0.4, 0.5) is 0 Å². The molecule has 0 aliphatic heterocycles. The molecular weight excluding hydrogens is 268 g/mol. The number of nitrogens with zero attached hydrogens (tertiary/aromatic N) is 1. The quantitative estimate of drug-likeness (QED) is 0.773. The van der Waals surface area contributed by atoms with Gasteiger partial charge in [0.1, 0.15) is 0 Å². The van der Waals surface area contributed by atoms with Gasteiger partial charge < -0.3 is 4.90 Å². The monoisotopic (exact) mass is 279 g/mol. The minimum atomic E-state index is -0.158. The summed E-state index contributed by atoms with van der Waals surface area (Å²) in [6.07, 6.45) is 0. The lowest BCUT2D eigenvalue weighted by molar-refractivity contribution is 0.0796. The van der Waals surface area contributed by atoms with Crippen LogP contribution in [0.2, 0.25) is 10.0 Å². The largest absolute Gasteiger partial charge is 0.340 e. The molecule has 0 aromatic heterocycles. The molecule has 1 rings (SSSR count). The first-order valence-corrected chi connectivity index (χ1v) is 5.95. The fraction of sp³-hybridized carbons (Fsp3) is 0.364. The van der Waals surface area contributed by atoms with E-state index in [0.29, 0.717) is 22.2 Å². The molecule has 2 nitrogen and oxygen atoms in total. The number of alkyl halides is 1. The lowest BCUT2D eigenvalue weighted by atomic mass is 10.2. The third-order valence-electron chi connectivity index (χ3n) is 2.03. The second-order valence-electron chi connectivity index (χ2n) is 3.59. The van der Waals surface area contributed by atoms with E-state index < -0.39 is 0 Å². The van der Waals surface area contributed by atoms with Gasteiger partial charge in [-0.25, -0.2) is 0 Å². The second-order valence-corrected chi connectivity index (χ2v) is 5.18. The van der Waals surface area contributed by atoms with Gasteiger partial charge in [-0.1, -0.05) is 23.2 Å². The average Bonchev–Trinajstić information content (AvgIpc) is 2.15. The molecule has 1 aromatic carbocycles. The number of carbonyl (C=O) groups is 1. The van der Waals surface area contributed by atoms with Crippen LogP contribution in [0.5, 0.6) is 0 Å². The summed E-state index contributed by atoms with van der Waals surface area (Å²) >= 11 is 17.5. The second kappa shape index (κ2) is 5.76. The van der Waals surface area contributed by atoms with E-state index >= 15 is 0 Å². The smallest absolute Gasteiger partial charge is 0.255 e. The van der Waals surface area contributed by atoms with E-state index in [1.165, 1.54) is 4.90 Å². The maximum absolute atomic E-state index is 12.0. The predicted octanol–water partition coefficient (Wildman–Crippen LogP) is 3.69. The van der Waals surface area contributed by atoms with Crippen LogP contribution in [0.3, 0.4) is 0 Å². The molecular formula is C11H12Cl3NO. The Kier molecular flexibility index (Phi) is 4.90. The number of hydrogen-bond donors (Lipinski definition) is 0. The van der Waals surface area contributed by atoms with E-state index in [1.54, 1.807) is 25.2 Å². The molecule has 5 heteroatoms. The van der Waals surface area contributed by atoms with Gasteiger partial charge >= 0.3 is 0 Å². The van der Waals surface area contributed by atoms with Gasteiger partial charge in [0.05, 0.1) is 10.6 Å². The first kappa shape index (κ1) is 13.6. The fourth-order valence-corrected chi connectivity index (χ4v) is 2.03. The summed E-state index contributed by atoms with van der Waals surface area (Å²) in [5, 5.41) is 0.765. The Morgan fingerprint density at radius 3 is 2.56 bits per heavy atom. The van der Waals surface area contributed by atoms with Crippen molar-refractivity contribution < 1.29 is 4.79 Å². The molecule has 16 heavy (non-hydrogen) atoms. The zero-order chi connectivity index (χ0) is 12.3. The highest BCUT2D eigenvalue weighted by molar-refractivity contribution is 6.36. The molecule has 0 saturated carbocycles. The van der Waals surface area contributed by atoms with Gasteiger partial charge in [-0.05, 0) is 25.1 Å². The van der Waals surface area contributed by atoms with Crippen LogP contribution in [0, 0.1) is 0 Å². The third-order valence-corrected chi connectivity index (χ3v) is 2.72. The van der Waals surface area contributed by atoms with Gasteiger partial charge in [0.15, 0.2) is 0 Å². The topological polar surface area (TPSA) is 20.3 Å². The molecule has 1 aromatic rings.